The van der Waals surface area contributed by atoms with E-state index in [1.807, 2.05) is 0 Å². The summed E-state index contributed by atoms with van der Waals surface area (Å²) in [4.78, 5) is 55.0. The van der Waals surface area contributed by atoms with Crippen molar-refractivity contribution in [3.8, 4) is 23.0 Å². The van der Waals surface area contributed by atoms with E-state index in [4.69, 9.17) is 0 Å². The average molecular weight is 773 g/mol. The van der Waals surface area contributed by atoms with Crippen LogP contribution in [0.2, 0.25) is 0 Å². The quantitative estimate of drug-likeness (QED) is 0.0488. The molecule has 0 atom stereocenters. The molecule has 0 radical (unpaired) electrons. The van der Waals surface area contributed by atoms with Crippen LogP contribution in [0.4, 0.5) is 0 Å². The minimum Gasteiger partial charge on any atom is -0.508 e. The van der Waals surface area contributed by atoms with Gasteiger partial charge in [0.1, 0.15) is 23.0 Å². The van der Waals surface area contributed by atoms with Gasteiger partial charge in [0.25, 0.3) is 0 Å². The van der Waals surface area contributed by atoms with Crippen molar-refractivity contribution < 1.29 is 39.6 Å². The first kappa shape index (κ1) is 42.7. The number of benzene rings is 4. The largest absolute Gasteiger partial charge is 0.508 e. The molecule has 4 rings (SSSR count). The van der Waals surface area contributed by atoms with Gasteiger partial charge in [-0.2, -0.15) is 0 Å². The first-order valence-corrected chi connectivity index (χ1v) is 18.6. The van der Waals surface area contributed by atoms with Gasteiger partial charge in [0.2, 0.25) is 23.6 Å². The van der Waals surface area contributed by atoms with Gasteiger partial charge in [0.15, 0.2) is 0 Å². The molecule has 0 spiro atoms. The molecule has 0 heterocycles. The second kappa shape index (κ2) is 23.0. The van der Waals surface area contributed by atoms with Crippen LogP contribution in [-0.2, 0) is 19.2 Å². The molecule has 12 nitrogen and oxygen atoms in total. The lowest BCUT2D eigenvalue weighted by atomic mass is 10.2. The van der Waals surface area contributed by atoms with Crippen molar-refractivity contribution in [2.75, 3.05) is 39.3 Å². The number of nitrogens with zero attached hydrogens (tertiary/aromatic N) is 2. The molecule has 57 heavy (non-hydrogen) atoms. The summed E-state index contributed by atoms with van der Waals surface area (Å²) in [5, 5.41) is 43.8. The Balaban J connectivity index is 1.36. The number of hydrogen-bond acceptors (Lipinski definition) is 8. The van der Waals surface area contributed by atoms with E-state index in [1.54, 1.807) is 82.6 Å². The third-order valence-corrected chi connectivity index (χ3v) is 8.55. The van der Waals surface area contributed by atoms with Crippen LogP contribution in [0.5, 0.6) is 23.0 Å². The zero-order valence-electron chi connectivity index (χ0n) is 31.5. The van der Waals surface area contributed by atoms with Crippen molar-refractivity contribution in [2.24, 2.45) is 0 Å². The van der Waals surface area contributed by atoms with Crippen LogP contribution in [0, 0.1) is 0 Å². The molecule has 0 saturated heterocycles. The van der Waals surface area contributed by atoms with Gasteiger partial charge in [-0.1, -0.05) is 48.5 Å². The molecule has 4 aromatic carbocycles. The predicted molar refractivity (Wildman–Crippen MR) is 222 cm³/mol. The van der Waals surface area contributed by atoms with Crippen LogP contribution in [0.25, 0.3) is 24.3 Å². The highest BCUT2D eigenvalue weighted by atomic mass is 16.3. The molecule has 0 aliphatic heterocycles. The van der Waals surface area contributed by atoms with E-state index < -0.39 is 0 Å². The van der Waals surface area contributed by atoms with Gasteiger partial charge >= 0.3 is 0 Å². The van der Waals surface area contributed by atoms with E-state index in [2.05, 4.69) is 10.6 Å². The van der Waals surface area contributed by atoms with Crippen LogP contribution in [0.1, 0.15) is 41.5 Å². The first-order chi connectivity index (χ1) is 27.5. The minimum atomic E-state index is -0.299. The standard InChI is InChI=1S/C45H48N4O8/c50-38-16-4-34(5-17-38)12-24-42(54)46-28-1-30-48(44(56)26-14-36-8-20-40(52)21-9-36)32-3-33-49(45(57)27-15-37-10-22-41(53)23-11-37)31-2-29-47-43(55)25-13-35-6-18-39(51)19-7-35/h4-27,50-53H,1-3,28-33H2,(H,46,54)(H,47,55)/b24-12+,25-13+,26-14+,27-15+. The van der Waals surface area contributed by atoms with Gasteiger partial charge in [0, 0.05) is 63.6 Å². The summed E-state index contributed by atoms with van der Waals surface area (Å²) >= 11 is 0. The molecule has 6 N–H and O–H groups in total. The van der Waals surface area contributed by atoms with Gasteiger partial charge in [0.05, 0.1) is 0 Å². The van der Waals surface area contributed by atoms with E-state index in [1.165, 1.54) is 72.8 Å². The Bertz CT molecular complexity index is 1870. The van der Waals surface area contributed by atoms with E-state index in [9.17, 15) is 39.6 Å². The monoisotopic (exact) mass is 772 g/mol. The average Bonchev–Trinajstić information content (AvgIpc) is 3.21. The molecule has 0 saturated carbocycles. The molecule has 4 aromatic rings. The van der Waals surface area contributed by atoms with Crippen molar-refractivity contribution in [3.63, 3.8) is 0 Å². The lowest BCUT2D eigenvalue weighted by Crippen LogP contribution is -2.38. The van der Waals surface area contributed by atoms with Crippen LogP contribution in [0.3, 0.4) is 0 Å². The number of carbonyl (C=O) groups is 4. The highest BCUT2D eigenvalue weighted by Gasteiger charge is 2.15. The van der Waals surface area contributed by atoms with E-state index in [-0.39, 0.29) is 46.6 Å². The third-order valence-electron chi connectivity index (χ3n) is 8.55. The van der Waals surface area contributed by atoms with Crippen LogP contribution < -0.4 is 10.6 Å². The summed E-state index contributed by atoms with van der Waals surface area (Å²) in [5.74, 6) is -0.616. The Morgan fingerprint density at radius 2 is 0.667 bits per heavy atom. The van der Waals surface area contributed by atoms with Crippen molar-refractivity contribution in [2.45, 2.75) is 19.3 Å². The molecule has 0 bridgehead atoms. The zero-order chi connectivity index (χ0) is 40.8. The lowest BCUT2D eigenvalue weighted by Gasteiger charge is -2.25. The molecule has 0 aromatic heterocycles. The summed E-state index contributed by atoms with van der Waals surface area (Å²) in [7, 11) is 0. The maximum absolute atomic E-state index is 13.4. The number of aromatic hydroxyl groups is 4. The maximum Gasteiger partial charge on any atom is 0.246 e. The highest BCUT2D eigenvalue weighted by Crippen LogP contribution is 2.14. The number of phenols is 4. The zero-order valence-corrected chi connectivity index (χ0v) is 31.5. The normalized spacial score (nSPS) is 11.4. The first-order valence-electron chi connectivity index (χ1n) is 18.6. The number of phenolic OH excluding ortho intramolecular Hbond substituents is 4. The summed E-state index contributed by atoms with van der Waals surface area (Å²) in [6.07, 6.45) is 13.7. The molecule has 0 aliphatic carbocycles. The summed E-state index contributed by atoms with van der Waals surface area (Å²) in [5.41, 5.74) is 2.97. The SMILES string of the molecule is O=C(/C=C/c1ccc(O)cc1)NCCCN(CCCN(CCCNC(=O)/C=C/c1ccc(O)cc1)C(=O)/C=C/c1ccc(O)cc1)C(=O)/C=C/c1ccc(O)cc1. The Morgan fingerprint density at radius 3 is 0.965 bits per heavy atom. The Labute approximate surface area is 332 Å². The van der Waals surface area contributed by atoms with Crippen LogP contribution in [-0.4, -0.2) is 93.1 Å². The van der Waals surface area contributed by atoms with Gasteiger partial charge in [-0.3, -0.25) is 19.2 Å². The van der Waals surface area contributed by atoms with Crippen molar-refractivity contribution in [1.29, 1.82) is 0 Å². The van der Waals surface area contributed by atoms with Crippen molar-refractivity contribution in [3.05, 3.63) is 144 Å². The predicted octanol–water partition coefficient (Wildman–Crippen LogP) is 5.72. The highest BCUT2D eigenvalue weighted by molar-refractivity contribution is 5.93. The molecule has 0 unspecified atom stereocenters. The topological polar surface area (TPSA) is 180 Å². The second-order valence-electron chi connectivity index (χ2n) is 13.0. The molecule has 12 heteroatoms. The number of rotatable bonds is 20. The number of hydrogen-bond donors (Lipinski definition) is 6. The van der Waals surface area contributed by atoms with Gasteiger partial charge in [-0.15, -0.1) is 0 Å². The van der Waals surface area contributed by atoms with Gasteiger partial charge < -0.3 is 40.9 Å². The lowest BCUT2D eigenvalue weighted by molar-refractivity contribution is -0.126. The number of carbonyl (C=O) groups excluding carboxylic acids is 4. The fraction of sp³-hybridized carbons (Fsp3) is 0.200. The minimum absolute atomic E-state index is 0.113. The van der Waals surface area contributed by atoms with Crippen LogP contribution >= 0.6 is 0 Å². The third kappa shape index (κ3) is 16.4. The smallest absolute Gasteiger partial charge is 0.246 e. The van der Waals surface area contributed by atoms with Crippen molar-refractivity contribution in [1.82, 2.24) is 20.4 Å². The molecule has 0 fully saturated rings. The summed E-state index contributed by atoms with van der Waals surface area (Å²) < 4.78 is 0. The molecule has 296 valence electrons. The fourth-order valence-corrected chi connectivity index (χ4v) is 5.43. The second-order valence-corrected chi connectivity index (χ2v) is 13.0. The summed E-state index contributed by atoms with van der Waals surface area (Å²) in [6.45, 7) is 1.92. The fourth-order valence-electron chi connectivity index (χ4n) is 5.43. The number of nitrogens with one attached hydrogen (secondary N) is 2. The van der Waals surface area contributed by atoms with E-state index in [0.29, 0.717) is 58.5 Å². The number of amides is 4. The van der Waals surface area contributed by atoms with E-state index >= 15 is 0 Å². The maximum atomic E-state index is 13.4. The molecular formula is C45H48N4O8. The van der Waals surface area contributed by atoms with E-state index in [0.717, 1.165) is 22.3 Å². The molecule has 0 aliphatic rings. The summed E-state index contributed by atoms with van der Waals surface area (Å²) in [6, 6.07) is 25.8. The van der Waals surface area contributed by atoms with Crippen LogP contribution in [0.15, 0.2) is 121 Å². The Hall–Kier alpha value is -7.08. The molecule has 4 amide bonds. The Kier molecular flexibility index (Phi) is 17.2. The van der Waals surface area contributed by atoms with Gasteiger partial charge in [-0.05, 0) is 114 Å². The Morgan fingerprint density at radius 1 is 0.404 bits per heavy atom. The van der Waals surface area contributed by atoms with Crippen molar-refractivity contribution >= 4 is 47.9 Å². The van der Waals surface area contributed by atoms with Gasteiger partial charge in [-0.25, -0.2) is 0 Å². The molecular weight excluding hydrogens is 725 g/mol.